The van der Waals surface area contributed by atoms with Gasteiger partial charge in [0, 0.05) is 31.0 Å². The first-order valence-electron chi connectivity index (χ1n) is 13.3. The number of nitrogens with two attached hydrogens (primary N) is 1. The second-order valence-electron chi connectivity index (χ2n) is 10.3. The first-order chi connectivity index (χ1) is 18.8. The first kappa shape index (κ1) is 26.8. The minimum atomic E-state index is -3.50. The Kier molecular flexibility index (Phi) is 7.95. The minimum absolute atomic E-state index is 0.0636. The van der Waals surface area contributed by atoms with Crippen molar-refractivity contribution in [2.45, 2.75) is 49.5 Å². The molecule has 3 aromatic carbocycles. The number of rotatable bonds is 6. The molecule has 39 heavy (non-hydrogen) atoms. The number of hydrogen-bond acceptors (Lipinski definition) is 4. The van der Waals surface area contributed by atoms with Crippen LogP contribution in [0.25, 0.3) is 0 Å². The van der Waals surface area contributed by atoms with Crippen LogP contribution in [-0.4, -0.2) is 23.9 Å². The largest absolute Gasteiger partial charge is 0.337 e. The lowest BCUT2D eigenvalue weighted by molar-refractivity contribution is -0.120. The van der Waals surface area contributed by atoms with Gasteiger partial charge in [-0.2, -0.15) is 0 Å². The summed E-state index contributed by atoms with van der Waals surface area (Å²) >= 11 is 0. The van der Waals surface area contributed by atoms with Crippen molar-refractivity contribution < 1.29 is 13.2 Å². The Labute approximate surface area is 230 Å². The summed E-state index contributed by atoms with van der Waals surface area (Å²) in [7, 11) is -1.51. The van der Waals surface area contributed by atoms with Crippen LogP contribution >= 0.6 is 0 Å². The van der Waals surface area contributed by atoms with E-state index in [2.05, 4.69) is 47.4 Å². The molecule has 1 heterocycles. The van der Waals surface area contributed by atoms with Gasteiger partial charge >= 0.3 is 0 Å². The molecule has 7 nitrogen and oxygen atoms in total. The van der Waals surface area contributed by atoms with E-state index in [0.717, 1.165) is 30.8 Å². The van der Waals surface area contributed by atoms with E-state index in [1.165, 1.54) is 41.7 Å². The molecule has 4 aromatic rings. The molecule has 1 fully saturated rings. The fourth-order valence-electron chi connectivity index (χ4n) is 5.22. The van der Waals surface area contributed by atoms with Crippen LogP contribution in [-0.2, 0) is 41.3 Å². The molecule has 202 valence electrons. The lowest BCUT2D eigenvalue weighted by atomic mass is 9.91. The highest BCUT2D eigenvalue weighted by atomic mass is 32.2. The normalized spacial score (nSPS) is 17.9. The molecule has 2 N–H and O–H groups in total. The number of aryl methyl sites for hydroxylation is 3. The Bertz CT molecular complexity index is 1530. The van der Waals surface area contributed by atoms with Crippen LogP contribution in [0.1, 0.15) is 47.7 Å². The summed E-state index contributed by atoms with van der Waals surface area (Å²) in [6.07, 6.45) is 9.45. The van der Waals surface area contributed by atoms with Crippen LogP contribution in [0.4, 0.5) is 5.69 Å². The molecule has 2 aliphatic rings. The van der Waals surface area contributed by atoms with Crippen LogP contribution < -0.4 is 10.0 Å². The predicted octanol–water partition coefficient (Wildman–Crippen LogP) is 4.97. The van der Waals surface area contributed by atoms with E-state index < -0.39 is 10.0 Å². The number of imidazole rings is 1. The van der Waals surface area contributed by atoms with E-state index in [1.807, 2.05) is 28.8 Å². The maximum Gasteiger partial charge on any atom is 0.238 e. The third kappa shape index (κ3) is 6.46. The first-order valence-corrected chi connectivity index (χ1v) is 14.9. The average molecular weight is 543 g/mol. The van der Waals surface area contributed by atoms with Gasteiger partial charge in [0.1, 0.15) is 5.82 Å². The molecule has 1 aromatic heterocycles. The zero-order valence-corrected chi connectivity index (χ0v) is 22.9. The fourth-order valence-corrected chi connectivity index (χ4v) is 5.76. The Balaban J connectivity index is 0.000000261. The van der Waals surface area contributed by atoms with Gasteiger partial charge in [0.05, 0.1) is 11.4 Å². The summed E-state index contributed by atoms with van der Waals surface area (Å²) < 4.78 is 23.2. The summed E-state index contributed by atoms with van der Waals surface area (Å²) in [6, 6.07) is 24.9. The van der Waals surface area contributed by atoms with Gasteiger partial charge in [-0.3, -0.25) is 4.79 Å². The highest BCUT2D eigenvalue weighted by Gasteiger charge is 2.46. The van der Waals surface area contributed by atoms with E-state index in [1.54, 1.807) is 24.4 Å². The fraction of sp³-hybridized carbons (Fsp3) is 0.290. The van der Waals surface area contributed by atoms with Crippen molar-refractivity contribution in [3.05, 3.63) is 114 Å². The minimum Gasteiger partial charge on any atom is -0.337 e. The molecule has 0 aliphatic heterocycles. The summed E-state index contributed by atoms with van der Waals surface area (Å²) in [5.74, 6) is 1.53. The van der Waals surface area contributed by atoms with Crippen molar-refractivity contribution in [2.75, 3.05) is 4.90 Å². The van der Waals surface area contributed by atoms with Gasteiger partial charge in [0.25, 0.3) is 0 Å². The van der Waals surface area contributed by atoms with Gasteiger partial charge in [-0.1, -0.05) is 54.6 Å². The Morgan fingerprint density at radius 3 is 2.26 bits per heavy atom. The summed E-state index contributed by atoms with van der Waals surface area (Å²) in [5, 5.41) is 4.83. The molecule has 8 heteroatoms. The lowest BCUT2D eigenvalue weighted by Crippen LogP contribution is -2.33. The number of hydrogen-bond donors (Lipinski definition) is 1. The molecular weight excluding hydrogens is 508 g/mol. The van der Waals surface area contributed by atoms with Crippen LogP contribution in [0.2, 0.25) is 0 Å². The number of carbonyl (C=O) groups is 1. The average Bonchev–Trinajstić information content (AvgIpc) is 3.66. The van der Waals surface area contributed by atoms with Crippen molar-refractivity contribution in [2.24, 2.45) is 18.1 Å². The van der Waals surface area contributed by atoms with Crippen LogP contribution in [0, 0.1) is 5.92 Å². The van der Waals surface area contributed by atoms with Gasteiger partial charge in [0.15, 0.2) is 0 Å². The zero-order chi connectivity index (χ0) is 27.4. The quantitative estimate of drug-likeness (QED) is 0.372. The number of primary sulfonamides is 1. The Hall–Kier alpha value is -3.75. The van der Waals surface area contributed by atoms with Gasteiger partial charge in [0.2, 0.25) is 15.9 Å². The monoisotopic (exact) mass is 542 g/mol. The molecule has 0 spiro atoms. The summed E-state index contributed by atoms with van der Waals surface area (Å²) in [6.45, 7) is 0.513. The standard InChI is InChI=1S/C25H27N3O.C6H7NO2S/c1-27-14-13-26-24(27)17-28(21-12-11-18-7-5-6-10-20(18)15-21)25(29)23-16-22(23)19-8-3-2-4-9-19;7-10(8,9)6-4-2-1-3-5-6/h2-4,8-9,11-15,22-23H,5-7,10,16-17H2,1H3;1-5H,(H2,7,8,9). The number of anilines is 1. The molecule has 2 atom stereocenters. The van der Waals surface area contributed by atoms with Crippen molar-refractivity contribution in [3.63, 3.8) is 0 Å². The van der Waals surface area contributed by atoms with Crippen LogP contribution in [0.5, 0.6) is 0 Å². The van der Waals surface area contributed by atoms with E-state index in [4.69, 9.17) is 5.14 Å². The van der Waals surface area contributed by atoms with Crippen molar-refractivity contribution in [1.82, 2.24) is 9.55 Å². The molecule has 1 amide bonds. The predicted molar refractivity (Wildman–Crippen MR) is 153 cm³/mol. The van der Waals surface area contributed by atoms with E-state index >= 15 is 0 Å². The maximum absolute atomic E-state index is 13.6. The van der Waals surface area contributed by atoms with Crippen molar-refractivity contribution in [1.29, 1.82) is 0 Å². The van der Waals surface area contributed by atoms with Gasteiger partial charge < -0.3 is 9.47 Å². The molecule has 6 rings (SSSR count). The maximum atomic E-state index is 13.6. The smallest absolute Gasteiger partial charge is 0.238 e. The highest BCUT2D eigenvalue weighted by Crippen LogP contribution is 2.49. The van der Waals surface area contributed by atoms with Crippen LogP contribution in [0.3, 0.4) is 0 Å². The molecule has 1 saturated carbocycles. The third-order valence-corrected chi connectivity index (χ3v) is 8.47. The Morgan fingerprint density at radius 1 is 0.974 bits per heavy atom. The van der Waals surface area contributed by atoms with Crippen molar-refractivity contribution >= 4 is 21.6 Å². The SMILES string of the molecule is Cn1ccnc1CN(C(=O)C1CC1c1ccccc1)c1ccc2c(c1)CCCC2.NS(=O)(=O)c1ccccc1. The van der Waals surface area contributed by atoms with Crippen molar-refractivity contribution in [3.8, 4) is 0 Å². The van der Waals surface area contributed by atoms with Gasteiger partial charge in [-0.25, -0.2) is 18.5 Å². The van der Waals surface area contributed by atoms with E-state index in [9.17, 15) is 13.2 Å². The number of amides is 1. The van der Waals surface area contributed by atoms with E-state index in [0.29, 0.717) is 12.5 Å². The number of benzene rings is 3. The third-order valence-electron chi connectivity index (χ3n) is 7.54. The molecule has 0 bridgehead atoms. The molecule has 2 unspecified atom stereocenters. The number of aromatic nitrogens is 2. The second kappa shape index (κ2) is 11.6. The highest BCUT2D eigenvalue weighted by molar-refractivity contribution is 7.89. The number of nitrogens with zero attached hydrogens (tertiary/aromatic N) is 3. The zero-order valence-electron chi connectivity index (χ0n) is 22.1. The topological polar surface area (TPSA) is 98.3 Å². The molecular formula is C31H34N4O3S. The number of carbonyl (C=O) groups excluding carboxylic acids is 1. The lowest BCUT2D eigenvalue weighted by Gasteiger charge is -2.25. The Morgan fingerprint density at radius 2 is 1.64 bits per heavy atom. The second-order valence-corrected chi connectivity index (χ2v) is 11.8. The van der Waals surface area contributed by atoms with Gasteiger partial charge in [-0.15, -0.1) is 0 Å². The molecule has 2 aliphatic carbocycles. The number of sulfonamides is 1. The molecule has 0 saturated heterocycles. The summed E-state index contributed by atoms with van der Waals surface area (Å²) in [4.78, 5) is 20.2. The van der Waals surface area contributed by atoms with Gasteiger partial charge in [-0.05, 0) is 79.0 Å². The molecule has 0 radical (unpaired) electrons. The van der Waals surface area contributed by atoms with Crippen LogP contribution in [0.15, 0.2) is 96.2 Å². The van der Waals surface area contributed by atoms with E-state index in [-0.39, 0.29) is 16.7 Å². The summed E-state index contributed by atoms with van der Waals surface area (Å²) in [5.41, 5.74) is 5.13. The number of fused-ring (bicyclic) bond motifs is 1.